The first-order valence-corrected chi connectivity index (χ1v) is 6.08. The number of nitrogens with zero attached hydrogens (tertiary/aromatic N) is 4. The Morgan fingerprint density at radius 3 is 2.24 bits per heavy atom. The molecule has 1 aromatic heterocycles. The van der Waals surface area contributed by atoms with Gasteiger partial charge in [0.15, 0.2) is 0 Å². The zero-order valence-electron chi connectivity index (χ0n) is 11.1. The lowest BCUT2D eigenvalue weighted by Crippen LogP contribution is -2.59. The Kier molecular flexibility index (Phi) is 2.72. The Balaban J connectivity index is 2.45. The Labute approximate surface area is 102 Å². The van der Waals surface area contributed by atoms with Gasteiger partial charge in [0.25, 0.3) is 0 Å². The first-order valence-electron chi connectivity index (χ1n) is 6.08. The van der Waals surface area contributed by atoms with E-state index < -0.39 is 0 Å². The van der Waals surface area contributed by atoms with Gasteiger partial charge < -0.3 is 10.6 Å². The Morgan fingerprint density at radius 1 is 1.12 bits per heavy atom. The van der Waals surface area contributed by atoms with Gasteiger partial charge in [-0.25, -0.2) is 9.97 Å². The van der Waals surface area contributed by atoms with Gasteiger partial charge in [0, 0.05) is 11.1 Å². The molecule has 0 spiro atoms. The fourth-order valence-electron chi connectivity index (χ4n) is 2.95. The van der Waals surface area contributed by atoms with Gasteiger partial charge >= 0.3 is 0 Å². The fourth-order valence-corrected chi connectivity index (χ4v) is 2.95. The summed E-state index contributed by atoms with van der Waals surface area (Å²) in [7, 11) is 0. The number of hydrogen-bond acceptors (Lipinski definition) is 5. The molecule has 0 atom stereocenters. The highest BCUT2D eigenvalue weighted by molar-refractivity contribution is 5.41. The van der Waals surface area contributed by atoms with Crippen LogP contribution in [0.15, 0.2) is 6.33 Å². The summed E-state index contributed by atoms with van der Waals surface area (Å²) < 4.78 is 0. The van der Waals surface area contributed by atoms with Crippen molar-refractivity contribution in [2.24, 2.45) is 0 Å². The molecular formula is C12H21N5. The molecule has 2 N–H and O–H groups in total. The molecule has 1 aliphatic rings. The van der Waals surface area contributed by atoms with Crippen molar-refractivity contribution in [2.75, 3.05) is 10.6 Å². The van der Waals surface area contributed by atoms with Crippen LogP contribution in [0, 0.1) is 0 Å². The SMILES string of the molecule is CC1(C)CCCC(C)(C)N1c1ncnc(N)n1. The van der Waals surface area contributed by atoms with Crippen molar-refractivity contribution in [3.63, 3.8) is 0 Å². The smallest absolute Gasteiger partial charge is 0.231 e. The molecule has 0 aromatic carbocycles. The van der Waals surface area contributed by atoms with Crippen LogP contribution in [-0.2, 0) is 0 Å². The maximum atomic E-state index is 5.65. The van der Waals surface area contributed by atoms with Crippen molar-refractivity contribution in [1.29, 1.82) is 0 Å². The molecule has 0 unspecified atom stereocenters. The van der Waals surface area contributed by atoms with E-state index in [0.29, 0.717) is 5.95 Å². The van der Waals surface area contributed by atoms with Gasteiger partial charge in [-0.05, 0) is 47.0 Å². The van der Waals surface area contributed by atoms with Gasteiger partial charge in [-0.2, -0.15) is 4.98 Å². The summed E-state index contributed by atoms with van der Waals surface area (Å²) in [6, 6.07) is 0. The maximum Gasteiger partial charge on any atom is 0.231 e. The third-order valence-corrected chi connectivity index (χ3v) is 3.57. The van der Waals surface area contributed by atoms with E-state index in [0.717, 1.165) is 12.8 Å². The lowest BCUT2D eigenvalue weighted by atomic mass is 9.80. The highest BCUT2D eigenvalue weighted by Gasteiger charge is 2.42. The number of nitrogens with two attached hydrogens (primary N) is 1. The third-order valence-electron chi connectivity index (χ3n) is 3.57. The van der Waals surface area contributed by atoms with Gasteiger partial charge in [0.2, 0.25) is 11.9 Å². The largest absolute Gasteiger partial charge is 0.368 e. The number of nitrogen functional groups attached to an aromatic ring is 1. The molecule has 1 saturated heterocycles. The van der Waals surface area contributed by atoms with Crippen LogP contribution < -0.4 is 10.6 Å². The second kappa shape index (κ2) is 3.82. The lowest BCUT2D eigenvalue weighted by Gasteiger charge is -2.52. The number of piperidine rings is 1. The zero-order valence-corrected chi connectivity index (χ0v) is 11.1. The topological polar surface area (TPSA) is 67.9 Å². The van der Waals surface area contributed by atoms with Crippen LogP contribution in [-0.4, -0.2) is 26.0 Å². The molecule has 0 saturated carbocycles. The van der Waals surface area contributed by atoms with Crippen molar-refractivity contribution in [1.82, 2.24) is 15.0 Å². The first-order chi connectivity index (χ1) is 7.83. The quantitative estimate of drug-likeness (QED) is 0.806. The van der Waals surface area contributed by atoms with Crippen molar-refractivity contribution in [3.8, 4) is 0 Å². The predicted molar refractivity (Wildman–Crippen MR) is 68.7 cm³/mol. The molecule has 0 radical (unpaired) electrons. The predicted octanol–water partition coefficient (Wildman–Crippen LogP) is 2.00. The van der Waals surface area contributed by atoms with E-state index in [9.17, 15) is 0 Å². The second-order valence-corrected chi connectivity index (χ2v) is 5.96. The Morgan fingerprint density at radius 2 is 1.71 bits per heavy atom. The molecular weight excluding hydrogens is 214 g/mol. The van der Waals surface area contributed by atoms with Gasteiger partial charge in [-0.3, -0.25) is 0 Å². The number of hydrogen-bond donors (Lipinski definition) is 1. The van der Waals surface area contributed by atoms with E-state index in [1.165, 1.54) is 12.7 Å². The number of aromatic nitrogens is 3. The van der Waals surface area contributed by atoms with Gasteiger partial charge in [-0.15, -0.1) is 0 Å². The summed E-state index contributed by atoms with van der Waals surface area (Å²) in [4.78, 5) is 14.7. The van der Waals surface area contributed by atoms with E-state index in [1.54, 1.807) is 0 Å². The summed E-state index contributed by atoms with van der Waals surface area (Å²) in [5.74, 6) is 0.972. The third kappa shape index (κ3) is 2.18. The van der Waals surface area contributed by atoms with Crippen LogP contribution in [0.25, 0.3) is 0 Å². The molecule has 1 aromatic rings. The van der Waals surface area contributed by atoms with E-state index in [2.05, 4.69) is 47.5 Å². The van der Waals surface area contributed by atoms with Crippen molar-refractivity contribution >= 4 is 11.9 Å². The molecule has 0 aliphatic carbocycles. The van der Waals surface area contributed by atoms with E-state index in [-0.39, 0.29) is 17.0 Å². The Bertz CT molecular complexity index is 397. The van der Waals surface area contributed by atoms with Crippen LogP contribution in [0.5, 0.6) is 0 Å². The minimum Gasteiger partial charge on any atom is -0.368 e. The van der Waals surface area contributed by atoms with Gasteiger partial charge in [0.1, 0.15) is 6.33 Å². The van der Waals surface area contributed by atoms with Crippen LogP contribution >= 0.6 is 0 Å². The van der Waals surface area contributed by atoms with Gasteiger partial charge in [0.05, 0.1) is 0 Å². The second-order valence-electron chi connectivity index (χ2n) is 5.96. The zero-order chi connectivity index (χ0) is 12.7. The van der Waals surface area contributed by atoms with Gasteiger partial charge in [-0.1, -0.05) is 0 Å². The van der Waals surface area contributed by atoms with Crippen LogP contribution in [0.1, 0.15) is 47.0 Å². The summed E-state index contributed by atoms with van der Waals surface area (Å²) in [6.45, 7) is 8.92. The monoisotopic (exact) mass is 235 g/mol. The molecule has 1 aliphatic heterocycles. The molecule has 1 fully saturated rings. The fraction of sp³-hybridized carbons (Fsp3) is 0.750. The standard InChI is InChI=1S/C12H21N5/c1-11(2)6-5-7-12(3,4)17(11)10-15-8-14-9(13)16-10/h8H,5-7H2,1-4H3,(H2,13,14,15,16). The highest BCUT2D eigenvalue weighted by atomic mass is 15.4. The summed E-state index contributed by atoms with van der Waals surface area (Å²) >= 11 is 0. The van der Waals surface area contributed by atoms with Crippen molar-refractivity contribution in [3.05, 3.63) is 6.33 Å². The van der Waals surface area contributed by atoms with Crippen LogP contribution in [0.4, 0.5) is 11.9 Å². The minimum absolute atomic E-state index is 0.0511. The Hall–Kier alpha value is -1.39. The normalized spacial score (nSPS) is 22.5. The first kappa shape index (κ1) is 12.1. The summed E-state index contributed by atoms with van der Waals surface area (Å²) in [5.41, 5.74) is 5.76. The number of anilines is 2. The average Bonchev–Trinajstić information content (AvgIpc) is 2.14. The van der Waals surface area contributed by atoms with Crippen LogP contribution in [0.3, 0.4) is 0 Å². The van der Waals surface area contributed by atoms with Crippen LogP contribution in [0.2, 0.25) is 0 Å². The molecule has 0 bridgehead atoms. The highest BCUT2D eigenvalue weighted by Crippen LogP contribution is 2.40. The van der Waals surface area contributed by atoms with Crippen molar-refractivity contribution in [2.45, 2.75) is 58.0 Å². The number of rotatable bonds is 1. The lowest BCUT2D eigenvalue weighted by molar-refractivity contribution is 0.239. The molecule has 2 heterocycles. The average molecular weight is 235 g/mol. The molecule has 5 heteroatoms. The van der Waals surface area contributed by atoms with E-state index in [4.69, 9.17) is 5.73 Å². The molecule has 17 heavy (non-hydrogen) atoms. The molecule has 0 amide bonds. The van der Waals surface area contributed by atoms with E-state index >= 15 is 0 Å². The molecule has 94 valence electrons. The summed E-state index contributed by atoms with van der Waals surface area (Å²) in [6.07, 6.45) is 5.00. The molecule has 2 rings (SSSR count). The maximum absolute atomic E-state index is 5.65. The van der Waals surface area contributed by atoms with Crippen molar-refractivity contribution < 1.29 is 0 Å². The molecule has 5 nitrogen and oxygen atoms in total. The van der Waals surface area contributed by atoms with E-state index in [1.807, 2.05) is 0 Å². The summed E-state index contributed by atoms with van der Waals surface area (Å²) in [5, 5.41) is 0. The minimum atomic E-state index is 0.0511.